The lowest BCUT2D eigenvalue weighted by Gasteiger charge is -2.49. The highest BCUT2D eigenvalue weighted by Crippen LogP contribution is 2.32. The molecule has 19 heavy (non-hydrogen) atoms. The average molecular weight is 262 g/mol. The van der Waals surface area contributed by atoms with Crippen LogP contribution in [0.5, 0.6) is 0 Å². The number of hydrogen-bond donors (Lipinski definition) is 1. The summed E-state index contributed by atoms with van der Waals surface area (Å²) < 4.78 is 5.51. The van der Waals surface area contributed by atoms with Crippen LogP contribution in [-0.2, 0) is 0 Å². The van der Waals surface area contributed by atoms with Gasteiger partial charge in [-0.15, -0.1) is 0 Å². The van der Waals surface area contributed by atoms with Gasteiger partial charge in [0.05, 0.1) is 0 Å². The zero-order chi connectivity index (χ0) is 13.6. The number of hydrogen-bond acceptors (Lipinski definition) is 3. The zero-order valence-electron chi connectivity index (χ0n) is 11.9. The summed E-state index contributed by atoms with van der Waals surface area (Å²) in [6.45, 7) is 8.43. The molecule has 0 radical (unpaired) electrons. The number of amides is 1. The molecule has 0 aliphatic carbocycles. The quantitative estimate of drug-likeness (QED) is 0.888. The van der Waals surface area contributed by atoms with E-state index in [0.29, 0.717) is 17.7 Å². The lowest BCUT2D eigenvalue weighted by atomic mass is 9.79. The molecule has 3 aliphatic rings. The Morgan fingerprint density at radius 1 is 1.37 bits per heavy atom. The molecule has 0 saturated carbocycles. The number of nitrogens with one attached hydrogen (secondary N) is 1. The number of carbonyl (C=O) groups is 1. The van der Waals surface area contributed by atoms with Crippen molar-refractivity contribution in [3.05, 3.63) is 23.2 Å². The van der Waals surface area contributed by atoms with Crippen molar-refractivity contribution in [2.24, 2.45) is 5.92 Å². The van der Waals surface area contributed by atoms with Gasteiger partial charge in [-0.1, -0.05) is 0 Å². The first kappa shape index (κ1) is 12.7. The number of aryl methyl sites for hydroxylation is 2. The molecule has 0 aromatic carbocycles. The zero-order valence-corrected chi connectivity index (χ0v) is 11.9. The van der Waals surface area contributed by atoms with Crippen molar-refractivity contribution in [1.29, 1.82) is 0 Å². The Morgan fingerprint density at radius 2 is 2.05 bits per heavy atom. The normalized spacial score (nSPS) is 33.4. The first-order chi connectivity index (χ1) is 9.06. The summed E-state index contributed by atoms with van der Waals surface area (Å²) in [5, 5.41) is 3.18. The minimum absolute atomic E-state index is 0.0678. The maximum absolute atomic E-state index is 12.3. The maximum Gasteiger partial charge on any atom is 0.287 e. The highest BCUT2D eigenvalue weighted by Gasteiger charge is 2.40. The van der Waals surface area contributed by atoms with Crippen molar-refractivity contribution >= 4 is 5.91 Å². The van der Waals surface area contributed by atoms with Gasteiger partial charge in [-0.2, -0.15) is 0 Å². The second-order valence-corrected chi connectivity index (χ2v) is 5.96. The standard InChI is InChI=1S/C15H22N2O2/c1-9-8-13(19-11(9)3)15(18)16-14-10(2)17-6-4-12(14)5-7-17/h8,10,12,14H,4-7H2,1-3H3,(H,16,18)/t10-,14-/m0/s1. The van der Waals surface area contributed by atoms with E-state index in [1.54, 1.807) is 0 Å². The summed E-state index contributed by atoms with van der Waals surface area (Å²) in [4.78, 5) is 14.8. The first-order valence-electron chi connectivity index (χ1n) is 7.18. The number of furan rings is 1. The Labute approximate surface area is 114 Å². The van der Waals surface area contributed by atoms with Gasteiger partial charge in [-0.3, -0.25) is 9.69 Å². The third-order valence-electron chi connectivity index (χ3n) is 4.87. The first-order valence-corrected chi connectivity index (χ1v) is 7.18. The van der Waals surface area contributed by atoms with Gasteiger partial charge in [-0.25, -0.2) is 0 Å². The fourth-order valence-electron chi connectivity index (χ4n) is 3.45. The number of rotatable bonds is 2. The summed E-state index contributed by atoms with van der Waals surface area (Å²) >= 11 is 0. The molecule has 3 saturated heterocycles. The van der Waals surface area contributed by atoms with Gasteiger partial charge in [0, 0.05) is 12.1 Å². The van der Waals surface area contributed by atoms with Crippen LogP contribution in [0.2, 0.25) is 0 Å². The third kappa shape index (κ3) is 2.18. The van der Waals surface area contributed by atoms with Crippen LogP contribution in [0.15, 0.2) is 10.5 Å². The Hall–Kier alpha value is -1.29. The summed E-state index contributed by atoms with van der Waals surface area (Å²) in [6, 6.07) is 2.53. The van der Waals surface area contributed by atoms with Gasteiger partial charge in [0.2, 0.25) is 0 Å². The average Bonchev–Trinajstić information content (AvgIpc) is 2.74. The lowest BCUT2D eigenvalue weighted by molar-refractivity contribution is 0.0211. The summed E-state index contributed by atoms with van der Waals surface area (Å²) in [5.74, 6) is 1.83. The van der Waals surface area contributed by atoms with Crippen molar-refractivity contribution in [2.75, 3.05) is 13.1 Å². The number of carbonyl (C=O) groups excluding carboxylic acids is 1. The van der Waals surface area contributed by atoms with Crippen molar-refractivity contribution in [3.8, 4) is 0 Å². The van der Waals surface area contributed by atoms with Crippen LogP contribution in [-0.4, -0.2) is 36.0 Å². The predicted octanol–water partition coefficient (Wildman–Crippen LogP) is 2.11. The number of nitrogens with zero attached hydrogens (tertiary/aromatic N) is 1. The molecule has 4 rings (SSSR count). The van der Waals surface area contributed by atoms with Crippen LogP contribution in [0.4, 0.5) is 0 Å². The third-order valence-corrected chi connectivity index (χ3v) is 4.87. The van der Waals surface area contributed by atoms with Crippen LogP contribution in [0.1, 0.15) is 41.6 Å². The summed E-state index contributed by atoms with van der Waals surface area (Å²) in [5.41, 5.74) is 1.03. The highest BCUT2D eigenvalue weighted by atomic mass is 16.3. The lowest BCUT2D eigenvalue weighted by Crippen LogP contribution is -2.62. The van der Waals surface area contributed by atoms with E-state index in [1.165, 1.54) is 25.9 Å². The van der Waals surface area contributed by atoms with Crippen molar-refractivity contribution in [1.82, 2.24) is 10.2 Å². The van der Waals surface area contributed by atoms with Crippen LogP contribution in [0.25, 0.3) is 0 Å². The Kier molecular flexibility index (Phi) is 3.13. The number of fused-ring (bicyclic) bond motifs is 3. The molecule has 104 valence electrons. The molecular weight excluding hydrogens is 240 g/mol. The SMILES string of the molecule is Cc1cc(C(=O)N[C@@H]2C3CCN(CC3)[C@H]2C)oc1C. The molecule has 2 atom stereocenters. The molecule has 4 heterocycles. The molecule has 2 bridgehead atoms. The van der Waals surface area contributed by atoms with E-state index in [4.69, 9.17) is 4.42 Å². The monoisotopic (exact) mass is 262 g/mol. The van der Waals surface area contributed by atoms with Crippen LogP contribution in [0.3, 0.4) is 0 Å². The van der Waals surface area contributed by atoms with E-state index in [2.05, 4.69) is 17.1 Å². The highest BCUT2D eigenvalue weighted by molar-refractivity contribution is 5.92. The second-order valence-electron chi connectivity index (χ2n) is 5.96. The molecule has 4 nitrogen and oxygen atoms in total. The Bertz CT molecular complexity index is 465. The second kappa shape index (κ2) is 4.67. The van der Waals surface area contributed by atoms with Crippen molar-refractivity contribution in [3.63, 3.8) is 0 Å². The maximum atomic E-state index is 12.3. The van der Waals surface area contributed by atoms with E-state index in [9.17, 15) is 4.79 Å². The molecule has 4 heteroatoms. The molecule has 3 aliphatic heterocycles. The molecule has 3 fully saturated rings. The Morgan fingerprint density at radius 3 is 2.58 bits per heavy atom. The molecule has 1 aromatic rings. The minimum atomic E-state index is -0.0678. The van der Waals surface area contributed by atoms with Gasteiger partial charge in [0.1, 0.15) is 5.76 Å². The van der Waals surface area contributed by atoms with E-state index in [0.717, 1.165) is 11.3 Å². The van der Waals surface area contributed by atoms with Gasteiger partial charge in [0.15, 0.2) is 5.76 Å². The molecule has 0 spiro atoms. The van der Waals surface area contributed by atoms with E-state index < -0.39 is 0 Å². The largest absolute Gasteiger partial charge is 0.456 e. The molecular formula is C15H22N2O2. The summed E-state index contributed by atoms with van der Waals surface area (Å²) in [7, 11) is 0. The fraction of sp³-hybridized carbons (Fsp3) is 0.667. The Balaban J connectivity index is 1.72. The predicted molar refractivity (Wildman–Crippen MR) is 73.2 cm³/mol. The van der Waals surface area contributed by atoms with Crippen molar-refractivity contribution in [2.45, 2.75) is 45.7 Å². The molecule has 0 unspecified atom stereocenters. The van der Waals surface area contributed by atoms with Gasteiger partial charge < -0.3 is 9.73 Å². The fourth-order valence-corrected chi connectivity index (χ4v) is 3.45. The topological polar surface area (TPSA) is 45.5 Å². The van der Waals surface area contributed by atoms with Crippen molar-refractivity contribution < 1.29 is 9.21 Å². The molecule has 1 aromatic heterocycles. The molecule has 1 amide bonds. The number of piperidine rings is 3. The van der Waals surface area contributed by atoms with Gasteiger partial charge in [-0.05, 0) is 64.3 Å². The van der Waals surface area contributed by atoms with E-state index in [1.807, 2.05) is 19.9 Å². The van der Waals surface area contributed by atoms with Crippen LogP contribution in [0, 0.1) is 19.8 Å². The van der Waals surface area contributed by atoms with Gasteiger partial charge >= 0.3 is 0 Å². The van der Waals surface area contributed by atoms with E-state index in [-0.39, 0.29) is 11.9 Å². The smallest absolute Gasteiger partial charge is 0.287 e. The summed E-state index contributed by atoms with van der Waals surface area (Å²) in [6.07, 6.45) is 2.40. The van der Waals surface area contributed by atoms with E-state index >= 15 is 0 Å². The van der Waals surface area contributed by atoms with Gasteiger partial charge in [0.25, 0.3) is 5.91 Å². The molecule has 1 N–H and O–H groups in total. The van der Waals surface area contributed by atoms with Crippen LogP contribution >= 0.6 is 0 Å². The van der Waals surface area contributed by atoms with Crippen LogP contribution < -0.4 is 5.32 Å². The minimum Gasteiger partial charge on any atom is -0.456 e.